The molecular weight excluding hydrogens is 561 g/mol. The average Bonchev–Trinajstić information content (AvgIpc) is 3.19. The number of ether oxygens (including phenoxy) is 3. The molecule has 0 radical (unpaired) electrons. The van der Waals surface area contributed by atoms with E-state index in [2.05, 4.69) is 0 Å². The summed E-state index contributed by atoms with van der Waals surface area (Å²) < 4.78 is 55.3. The SMILES string of the molecule is CC(C)OC(=O)CCC/C=C\C[C@@H]1[C@@H](CC[C@H](COc2cccc(C(F)(F)F)c2)OC(=O)C(CO)CO)[C@H](O)C[C@@H]1O. The van der Waals surface area contributed by atoms with Crippen molar-refractivity contribution in [2.75, 3.05) is 19.8 Å². The summed E-state index contributed by atoms with van der Waals surface area (Å²) in [5.74, 6) is -3.06. The van der Waals surface area contributed by atoms with E-state index in [1.165, 1.54) is 12.1 Å². The second-order valence-corrected chi connectivity index (χ2v) is 10.9. The Balaban J connectivity index is 2.01. The normalized spacial score (nSPS) is 21.7. The summed E-state index contributed by atoms with van der Waals surface area (Å²) in [4.78, 5) is 24.1. The fourth-order valence-electron chi connectivity index (χ4n) is 4.94. The zero-order valence-electron chi connectivity index (χ0n) is 24.0. The van der Waals surface area contributed by atoms with E-state index in [0.29, 0.717) is 32.1 Å². The minimum Gasteiger partial charge on any atom is -0.490 e. The molecule has 238 valence electrons. The Morgan fingerprint density at radius 2 is 1.74 bits per heavy atom. The first-order valence-corrected chi connectivity index (χ1v) is 14.3. The van der Waals surface area contributed by atoms with E-state index in [1.807, 2.05) is 12.2 Å². The lowest BCUT2D eigenvalue weighted by molar-refractivity contribution is -0.159. The number of hydrogen-bond acceptors (Lipinski definition) is 9. The van der Waals surface area contributed by atoms with Gasteiger partial charge in [0.05, 0.1) is 37.1 Å². The van der Waals surface area contributed by atoms with Crippen LogP contribution in [0.15, 0.2) is 36.4 Å². The molecule has 0 amide bonds. The monoisotopic (exact) mass is 604 g/mol. The van der Waals surface area contributed by atoms with Gasteiger partial charge in [-0.05, 0) is 82.4 Å². The highest BCUT2D eigenvalue weighted by Crippen LogP contribution is 2.39. The third kappa shape index (κ3) is 11.9. The van der Waals surface area contributed by atoms with Crippen molar-refractivity contribution in [3.8, 4) is 5.75 Å². The number of esters is 2. The van der Waals surface area contributed by atoms with Crippen molar-refractivity contribution in [3.05, 3.63) is 42.0 Å². The molecule has 0 saturated heterocycles. The van der Waals surface area contributed by atoms with Crippen molar-refractivity contribution in [1.82, 2.24) is 0 Å². The number of allylic oxidation sites excluding steroid dienone is 2. The van der Waals surface area contributed by atoms with Gasteiger partial charge < -0.3 is 34.6 Å². The van der Waals surface area contributed by atoms with Crippen molar-refractivity contribution >= 4 is 11.9 Å². The van der Waals surface area contributed by atoms with Crippen LogP contribution in [0.3, 0.4) is 0 Å². The fourth-order valence-corrected chi connectivity index (χ4v) is 4.94. The lowest BCUT2D eigenvalue weighted by atomic mass is 9.86. The maximum Gasteiger partial charge on any atom is 0.416 e. The highest BCUT2D eigenvalue weighted by molar-refractivity contribution is 5.72. The first kappa shape index (κ1) is 35.5. The number of halogens is 3. The summed E-state index contributed by atoms with van der Waals surface area (Å²) in [6.07, 6.45) is -0.787. The van der Waals surface area contributed by atoms with Gasteiger partial charge in [-0.2, -0.15) is 13.2 Å². The topological polar surface area (TPSA) is 143 Å². The number of aliphatic hydroxyl groups is 4. The van der Waals surface area contributed by atoms with E-state index < -0.39 is 55.2 Å². The molecule has 1 aliphatic rings. The van der Waals surface area contributed by atoms with Gasteiger partial charge in [-0.15, -0.1) is 0 Å². The lowest BCUT2D eigenvalue weighted by Crippen LogP contribution is -2.33. The first-order valence-electron chi connectivity index (χ1n) is 14.3. The van der Waals surface area contributed by atoms with Crippen LogP contribution in [0.1, 0.15) is 64.4 Å². The first-order chi connectivity index (χ1) is 19.8. The maximum atomic E-state index is 13.1. The number of benzene rings is 1. The van der Waals surface area contributed by atoms with E-state index in [0.717, 1.165) is 12.1 Å². The van der Waals surface area contributed by atoms with Gasteiger partial charge in [-0.3, -0.25) is 9.59 Å². The fraction of sp³-hybridized carbons (Fsp3) is 0.667. The lowest BCUT2D eigenvalue weighted by Gasteiger charge is -2.26. The zero-order valence-corrected chi connectivity index (χ0v) is 24.0. The van der Waals surface area contributed by atoms with E-state index in [-0.39, 0.29) is 49.1 Å². The van der Waals surface area contributed by atoms with E-state index in [4.69, 9.17) is 14.2 Å². The second kappa shape index (κ2) is 17.4. The third-order valence-electron chi connectivity index (χ3n) is 7.19. The molecule has 1 aliphatic carbocycles. The highest BCUT2D eigenvalue weighted by Gasteiger charge is 2.41. The summed E-state index contributed by atoms with van der Waals surface area (Å²) in [5, 5.41) is 39.9. The second-order valence-electron chi connectivity index (χ2n) is 10.9. The van der Waals surface area contributed by atoms with Gasteiger partial charge in [-0.25, -0.2) is 0 Å². The molecule has 0 heterocycles. The molecule has 0 aromatic heterocycles. The summed E-state index contributed by atoms with van der Waals surface area (Å²) in [7, 11) is 0. The van der Waals surface area contributed by atoms with Crippen LogP contribution in [0.2, 0.25) is 0 Å². The van der Waals surface area contributed by atoms with Crippen molar-refractivity contribution in [3.63, 3.8) is 0 Å². The predicted octanol–water partition coefficient (Wildman–Crippen LogP) is 3.80. The molecule has 0 unspecified atom stereocenters. The van der Waals surface area contributed by atoms with E-state index in [1.54, 1.807) is 13.8 Å². The molecular formula is C30H43F3O9. The number of unbranched alkanes of at least 4 members (excludes halogenated alkanes) is 1. The van der Waals surface area contributed by atoms with Crippen molar-refractivity contribution in [2.24, 2.45) is 17.8 Å². The smallest absolute Gasteiger partial charge is 0.416 e. The van der Waals surface area contributed by atoms with Crippen LogP contribution in [0.25, 0.3) is 0 Å². The molecule has 1 aromatic carbocycles. The number of alkyl halides is 3. The summed E-state index contributed by atoms with van der Waals surface area (Å²) in [6, 6.07) is 4.26. The Hall–Kier alpha value is -2.67. The summed E-state index contributed by atoms with van der Waals surface area (Å²) >= 11 is 0. The van der Waals surface area contributed by atoms with Gasteiger partial charge in [0.15, 0.2) is 0 Å². The maximum absolute atomic E-state index is 13.1. The molecule has 5 atom stereocenters. The van der Waals surface area contributed by atoms with Gasteiger partial charge >= 0.3 is 18.1 Å². The molecule has 4 N–H and O–H groups in total. The Labute approximate surface area is 244 Å². The van der Waals surface area contributed by atoms with Gasteiger partial charge in [-0.1, -0.05) is 18.2 Å². The quantitative estimate of drug-likeness (QED) is 0.119. The molecule has 0 spiro atoms. The number of hydrogen-bond donors (Lipinski definition) is 4. The molecule has 12 heteroatoms. The Kier molecular flexibility index (Phi) is 14.8. The molecule has 1 saturated carbocycles. The Morgan fingerprint density at radius 3 is 2.38 bits per heavy atom. The van der Waals surface area contributed by atoms with Gasteiger partial charge in [0, 0.05) is 6.42 Å². The summed E-state index contributed by atoms with van der Waals surface area (Å²) in [5.41, 5.74) is -0.899. The third-order valence-corrected chi connectivity index (χ3v) is 7.19. The zero-order chi connectivity index (χ0) is 31.3. The molecule has 1 aromatic rings. The van der Waals surface area contributed by atoms with E-state index >= 15 is 0 Å². The minimum atomic E-state index is -4.57. The molecule has 0 bridgehead atoms. The minimum absolute atomic E-state index is 0.0801. The van der Waals surface area contributed by atoms with Gasteiger partial charge in [0.1, 0.15) is 24.4 Å². The summed E-state index contributed by atoms with van der Waals surface area (Å²) in [6.45, 7) is 1.96. The highest BCUT2D eigenvalue weighted by atomic mass is 19.4. The van der Waals surface area contributed by atoms with Crippen LogP contribution in [0, 0.1) is 17.8 Å². The van der Waals surface area contributed by atoms with Crippen molar-refractivity contribution in [1.29, 1.82) is 0 Å². The molecule has 9 nitrogen and oxygen atoms in total. The van der Waals surface area contributed by atoms with E-state index in [9.17, 15) is 43.2 Å². The molecule has 2 rings (SSSR count). The van der Waals surface area contributed by atoms with Crippen LogP contribution >= 0.6 is 0 Å². The standard InChI is InChI=1S/C30H43F3O9/c1-19(2)41-28(38)11-6-4-3-5-10-24-25(27(37)15-26(24)36)13-12-23(42-29(39)20(16-34)17-35)18-40-22-9-7-8-21(14-22)30(31,32)33/h3,5,7-9,14,19-20,23-27,34-37H,4,6,10-13,15-18H2,1-2H3/b5-3-/t23-,24-,25-,26+,27-/m1/s1. The molecule has 1 fully saturated rings. The number of carbonyl (C=O) groups is 2. The molecule has 42 heavy (non-hydrogen) atoms. The van der Waals surface area contributed by atoms with Crippen LogP contribution in [0.4, 0.5) is 13.2 Å². The Morgan fingerprint density at radius 1 is 1.05 bits per heavy atom. The van der Waals surface area contributed by atoms with Crippen LogP contribution in [-0.2, 0) is 25.2 Å². The number of rotatable bonds is 17. The van der Waals surface area contributed by atoms with Crippen LogP contribution in [0.5, 0.6) is 5.75 Å². The largest absolute Gasteiger partial charge is 0.490 e. The van der Waals surface area contributed by atoms with Crippen molar-refractivity contribution < 1.29 is 57.4 Å². The molecule has 0 aliphatic heterocycles. The van der Waals surface area contributed by atoms with Crippen LogP contribution < -0.4 is 4.74 Å². The number of carbonyl (C=O) groups excluding carboxylic acids is 2. The van der Waals surface area contributed by atoms with Gasteiger partial charge in [0.2, 0.25) is 0 Å². The van der Waals surface area contributed by atoms with Gasteiger partial charge in [0.25, 0.3) is 0 Å². The van der Waals surface area contributed by atoms with Crippen molar-refractivity contribution in [2.45, 2.75) is 89.4 Å². The van der Waals surface area contributed by atoms with Crippen LogP contribution in [-0.4, -0.2) is 76.6 Å². The average molecular weight is 605 g/mol. The number of aliphatic hydroxyl groups excluding tert-OH is 4. The Bertz CT molecular complexity index is 994. The predicted molar refractivity (Wildman–Crippen MR) is 146 cm³/mol.